The van der Waals surface area contributed by atoms with Gasteiger partial charge >= 0.3 is 0 Å². The fourth-order valence-electron chi connectivity index (χ4n) is 6.26. The fraction of sp³-hybridized carbons (Fsp3) is 0.729. The highest BCUT2D eigenvalue weighted by Gasteiger charge is 2.23. The van der Waals surface area contributed by atoms with Gasteiger partial charge in [0.1, 0.15) is 12.1 Å². The Bertz CT molecular complexity index is 2370. The third-order valence-corrected chi connectivity index (χ3v) is 14.2. The Morgan fingerprint density at radius 1 is 0.566 bits per heavy atom. The third kappa shape index (κ3) is 39.9. The normalized spacial score (nSPS) is 10.9. The second-order valence-corrected chi connectivity index (χ2v) is 30.2. The first-order chi connectivity index (χ1) is 33.4. The molecule has 13 heteroatoms. The Morgan fingerprint density at radius 3 is 1.17 bits per heavy atom. The number of hydrogen-bond donors (Lipinski definition) is 1. The zero-order valence-electron chi connectivity index (χ0n) is 54.4. The largest absolute Gasteiger partial charge is 0.335 e. The average Bonchev–Trinajstić information content (AvgIpc) is 4.08. The number of aromatic amines is 1. The lowest BCUT2D eigenvalue weighted by molar-refractivity contribution is -0.113. The summed E-state index contributed by atoms with van der Waals surface area (Å²) in [6, 6.07) is 2.00. The first-order valence-electron chi connectivity index (χ1n) is 26.7. The quantitative estimate of drug-likeness (QED) is 0.150. The highest BCUT2D eigenvalue weighted by Crippen LogP contribution is 2.29. The predicted octanol–water partition coefficient (Wildman–Crippen LogP) is 22.3. The van der Waals surface area contributed by atoms with Crippen LogP contribution in [0.5, 0.6) is 0 Å². The Hall–Kier alpha value is -4.23. The highest BCUT2D eigenvalue weighted by molar-refractivity contribution is 7.09. The smallest absolute Gasteiger partial charge is 0.125 e. The number of imidazole rings is 1. The Morgan fingerprint density at radius 2 is 1.02 bits per heavy atom. The first-order valence-corrected chi connectivity index (χ1v) is 28.4. The number of hydrogen-bond acceptors (Lipinski definition) is 9. The van der Waals surface area contributed by atoms with Crippen LogP contribution in [0.4, 0.5) is 0 Å². The lowest BCUT2D eigenvalue weighted by Crippen LogP contribution is -2.16. The molecule has 492 valence electrons. The molecule has 0 aliphatic carbocycles. The first kappa shape index (κ1) is 101. The zero-order chi connectivity index (χ0) is 59.7. The lowest BCUT2D eigenvalue weighted by Gasteiger charge is -2.22. The van der Waals surface area contributed by atoms with Crippen LogP contribution in [0.2, 0.25) is 0 Å². The molecular weight excluding hydrogens is 1060 g/mol. The van der Waals surface area contributed by atoms with Crippen LogP contribution in [0, 0.1) is 51.4 Å². The van der Waals surface area contributed by atoms with Crippen molar-refractivity contribution in [2.75, 3.05) is 0 Å². The third-order valence-electron chi connectivity index (χ3n) is 12.2. The number of nitrogens with zero attached hydrogens (tertiary/aromatic N) is 9. The monoisotopic (exact) mass is 1210 g/mol. The summed E-state index contributed by atoms with van der Waals surface area (Å²) in [5.41, 5.74) is 13.7. The van der Waals surface area contributed by atoms with Gasteiger partial charge in [-0.25, -0.2) is 9.97 Å². The standard InChI is InChI=1S/C10H18N2.2C9H16N2.C8H13NS.C7H12N2.C7H11NS.C7H16.C5H10O.8CH4/c1-7-9(10(3,4)5)8(2)12(6)11-7;1-7-10-6-8(11(7)5)9(2,3)4;1-7-8(9(2,3)4)6-10-11(7)5;1-6-9-7(5-10-6)8(2,3)4;1-7(2,3)6-4-5-8-9-6;1-7(2,3)6-4-8-5-9-6;1-6(2)7(3,4)5;1-5(2,3)4-6;;;;;;;;/h1-6H3;2*6H,1-5H3;5H,1-4H3;4-5H,1-3H3,(H,8,9);4-5H,1-3H3;6H,1-5H3;4H,1-3H3;8*1H4. The van der Waals surface area contributed by atoms with E-state index in [1.54, 1.807) is 28.9 Å². The van der Waals surface area contributed by atoms with Crippen molar-refractivity contribution >= 4 is 29.0 Å². The maximum Gasteiger partial charge on any atom is 0.125 e. The molecule has 11 nitrogen and oxygen atoms in total. The molecule has 0 saturated heterocycles. The molecule has 0 radical (unpaired) electrons. The number of carbonyl (C=O) groups excluding carboxylic acids is 1. The van der Waals surface area contributed by atoms with Gasteiger partial charge in [0.05, 0.1) is 28.1 Å². The van der Waals surface area contributed by atoms with Crippen molar-refractivity contribution in [3.05, 3.63) is 103 Å². The number of aryl methyl sites for hydroxylation is 5. The van der Waals surface area contributed by atoms with E-state index in [0.29, 0.717) is 5.41 Å². The van der Waals surface area contributed by atoms with Gasteiger partial charge in [0.25, 0.3) is 0 Å². The van der Waals surface area contributed by atoms with Crippen molar-refractivity contribution in [2.24, 2.45) is 37.9 Å². The highest BCUT2D eigenvalue weighted by atomic mass is 32.1. The molecule has 0 atom stereocenters. The molecule has 0 aliphatic heterocycles. The topological polar surface area (TPSA) is 125 Å². The zero-order valence-corrected chi connectivity index (χ0v) is 56.1. The van der Waals surface area contributed by atoms with E-state index >= 15 is 0 Å². The maximum absolute atomic E-state index is 9.83. The molecule has 0 aliphatic rings. The maximum atomic E-state index is 9.83. The van der Waals surface area contributed by atoms with Gasteiger partial charge in [-0.1, -0.05) is 239 Å². The average molecular weight is 1210 g/mol. The SMILES string of the molecule is C.C.C.C.C.C.C.C.CC(C)(C)C=O.CC(C)(C)c1ccn[nH]1.CC(C)(C)c1cncs1.CC(C)C(C)(C)C.Cc1c(C(C)(C)C)cnn1C.Cc1nc(C(C)(C)C)cs1.Cc1ncc(C(C)(C)C)n1C.Cc1nn(C)c(C)c1C(C)(C)C. The molecule has 0 unspecified atom stereocenters. The van der Waals surface area contributed by atoms with Crippen LogP contribution < -0.4 is 0 Å². The van der Waals surface area contributed by atoms with E-state index in [-0.39, 0.29) is 97.3 Å². The summed E-state index contributed by atoms with van der Waals surface area (Å²) >= 11 is 3.44. The number of aromatic nitrogens is 10. The number of rotatable bonds is 0. The second-order valence-electron chi connectivity index (χ2n) is 28.3. The molecular formula is C70H144N10OS2. The van der Waals surface area contributed by atoms with Crippen molar-refractivity contribution in [3.63, 3.8) is 0 Å². The van der Waals surface area contributed by atoms with Crippen LogP contribution in [-0.4, -0.2) is 55.6 Å². The van der Waals surface area contributed by atoms with Crippen LogP contribution in [-0.2, 0) is 58.4 Å². The number of thiazole rings is 2. The summed E-state index contributed by atoms with van der Waals surface area (Å²) in [5, 5.41) is 18.7. The summed E-state index contributed by atoms with van der Waals surface area (Å²) in [4.78, 5) is 23.8. The molecule has 83 heavy (non-hydrogen) atoms. The van der Waals surface area contributed by atoms with Gasteiger partial charge in [-0.15, -0.1) is 22.7 Å². The van der Waals surface area contributed by atoms with E-state index in [1.807, 2.05) is 88.2 Å². The van der Waals surface area contributed by atoms with Crippen molar-refractivity contribution in [3.8, 4) is 0 Å². The Kier molecular flexibility index (Phi) is 49.7. The van der Waals surface area contributed by atoms with E-state index in [0.717, 1.165) is 28.7 Å². The van der Waals surface area contributed by atoms with Gasteiger partial charge in [-0.3, -0.25) is 19.4 Å². The molecule has 0 aromatic carbocycles. The number of H-pyrrole nitrogens is 1. The van der Waals surface area contributed by atoms with Crippen molar-refractivity contribution < 1.29 is 4.79 Å². The molecule has 0 amide bonds. The second kappa shape index (κ2) is 41.0. The van der Waals surface area contributed by atoms with Crippen molar-refractivity contribution in [1.29, 1.82) is 0 Å². The van der Waals surface area contributed by atoms with Crippen molar-refractivity contribution in [1.82, 2.24) is 49.3 Å². The summed E-state index contributed by atoms with van der Waals surface area (Å²) in [6.07, 6.45) is 8.56. The Labute approximate surface area is 527 Å². The van der Waals surface area contributed by atoms with Gasteiger partial charge in [-0.2, -0.15) is 15.3 Å². The van der Waals surface area contributed by atoms with Gasteiger partial charge in [0.2, 0.25) is 0 Å². The van der Waals surface area contributed by atoms with Crippen LogP contribution in [0.25, 0.3) is 0 Å². The molecule has 1 N–H and O–H groups in total. The van der Waals surface area contributed by atoms with Gasteiger partial charge in [0.15, 0.2) is 0 Å². The summed E-state index contributed by atoms with van der Waals surface area (Å²) < 4.78 is 6.01. The number of nitrogens with one attached hydrogen (secondary N) is 1. The number of carbonyl (C=O) groups is 1. The van der Waals surface area contributed by atoms with Crippen LogP contribution in [0.3, 0.4) is 0 Å². The van der Waals surface area contributed by atoms with E-state index in [2.05, 4.69) is 232 Å². The van der Waals surface area contributed by atoms with Crippen LogP contribution in [0.15, 0.2) is 41.7 Å². The Balaban J connectivity index is -0.0000000911. The van der Waals surface area contributed by atoms with Crippen LogP contribution >= 0.6 is 22.7 Å². The van der Waals surface area contributed by atoms with E-state index in [4.69, 9.17) is 0 Å². The summed E-state index contributed by atoms with van der Waals surface area (Å²) in [5.74, 6) is 1.88. The van der Waals surface area contributed by atoms with Gasteiger partial charge in [-0.05, 0) is 73.8 Å². The number of aldehydes is 1. The van der Waals surface area contributed by atoms with Crippen LogP contribution in [0.1, 0.15) is 300 Å². The minimum absolute atomic E-state index is 0. The molecule has 0 spiro atoms. The molecule has 6 aromatic heterocycles. The fourth-order valence-corrected chi connectivity index (χ4v) is 7.81. The summed E-state index contributed by atoms with van der Waals surface area (Å²) in [6.45, 7) is 66.8. The van der Waals surface area contributed by atoms with Crippen molar-refractivity contribution in [2.45, 2.75) is 307 Å². The predicted molar refractivity (Wildman–Crippen MR) is 382 cm³/mol. The lowest BCUT2D eigenvalue weighted by atomic mass is 9.84. The van der Waals surface area contributed by atoms with E-state index in [1.165, 1.54) is 44.5 Å². The van der Waals surface area contributed by atoms with E-state index in [9.17, 15) is 4.79 Å². The minimum Gasteiger partial charge on any atom is -0.335 e. The van der Waals surface area contributed by atoms with Gasteiger partial charge in [0, 0.05) is 100.0 Å². The molecule has 6 aromatic rings. The molecule has 0 fully saturated rings. The molecule has 0 bridgehead atoms. The molecule has 6 rings (SSSR count). The summed E-state index contributed by atoms with van der Waals surface area (Å²) in [7, 11) is 6.03. The molecule has 0 saturated carbocycles. The van der Waals surface area contributed by atoms with E-state index < -0.39 is 0 Å². The van der Waals surface area contributed by atoms with Gasteiger partial charge < -0.3 is 9.36 Å². The minimum atomic E-state index is -0.139. The molecule has 6 heterocycles.